The Labute approximate surface area is 182 Å². The lowest BCUT2D eigenvalue weighted by Gasteiger charge is -2.05. The molecule has 0 unspecified atom stereocenters. The van der Waals surface area contributed by atoms with Crippen molar-refractivity contribution in [3.63, 3.8) is 0 Å². The second kappa shape index (κ2) is 8.61. The molecule has 0 amide bonds. The number of aryl methyl sites for hydroxylation is 1. The van der Waals surface area contributed by atoms with E-state index >= 15 is 0 Å². The highest BCUT2D eigenvalue weighted by molar-refractivity contribution is 7.89. The van der Waals surface area contributed by atoms with Crippen molar-refractivity contribution in [1.82, 2.24) is 19.4 Å². The molecule has 0 bridgehead atoms. The number of hydrogen-bond donors (Lipinski definition) is 1. The molecule has 0 saturated carbocycles. The van der Waals surface area contributed by atoms with Gasteiger partial charge in [-0.15, -0.1) is 0 Å². The van der Waals surface area contributed by atoms with Crippen molar-refractivity contribution in [2.75, 3.05) is 6.61 Å². The van der Waals surface area contributed by atoms with Crippen LogP contribution in [0.25, 0.3) is 21.6 Å². The molecule has 31 heavy (non-hydrogen) atoms. The Kier molecular flexibility index (Phi) is 5.90. The Morgan fingerprint density at radius 2 is 1.94 bits per heavy atom. The lowest BCUT2D eigenvalue weighted by molar-refractivity contribution is 0.340. The molecule has 2 heterocycles. The number of rotatable bonds is 8. The highest BCUT2D eigenvalue weighted by Gasteiger charge is 2.18. The molecule has 2 aromatic carbocycles. The third-order valence-corrected chi connectivity index (χ3v) is 6.91. The average Bonchev–Trinajstić information content (AvgIpc) is 3.36. The van der Waals surface area contributed by atoms with E-state index in [1.165, 1.54) is 12.1 Å². The molecular weight excluding hydrogens is 440 g/mol. The molecule has 0 fully saturated rings. The van der Waals surface area contributed by atoms with Crippen molar-refractivity contribution in [1.29, 1.82) is 0 Å². The summed E-state index contributed by atoms with van der Waals surface area (Å²) in [6, 6.07) is 11.8. The highest BCUT2D eigenvalue weighted by atomic mass is 32.2. The predicted molar refractivity (Wildman–Crippen MR) is 117 cm³/mol. The summed E-state index contributed by atoms with van der Waals surface area (Å²) < 4.78 is 40.6. The molecule has 0 atom stereocenters. The molecule has 9 nitrogen and oxygen atoms in total. The van der Waals surface area contributed by atoms with Gasteiger partial charge in [0.1, 0.15) is 5.75 Å². The molecular formula is C20H20N4O5S2. The van der Waals surface area contributed by atoms with Gasteiger partial charge < -0.3 is 9.26 Å². The second-order valence-corrected chi connectivity index (χ2v) is 9.30. The third kappa shape index (κ3) is 4.38. The van der Waals surface area contributed by atoms with E-state index in [-0.39, 0.29) is 22.2 Å². The number of sulfonamides is 1. The quantitative estimate of drug-likeness (QED) is 0.430. The monoisotopic (exact) mass is 460 g/mol. The van der Waals surface area contributed by atoms with Gasteiger partial charge in [-0.1, -0.05) is 16.5 Å². The number of ether oxygens (including phenoxy) is 1. The highest BCUT2D eigenvalue weighted by Crippen LogP contribution is 2.23. The molecule has 0 aliphatic carbocycles. The lowest BCUT2D eigenvalue weighted by Crippen LogP contribution is -2.23. The zero-order chi connectivity index (χ0) is 22.0. The summed E-state index contributed by atoms with van der Waals surface area (Å²) in [7, 11) is -3.83. The zero-order valence-electron chi connectivity index (χ0n) is 16.9. The van der Waals surface area contributed by atoms with Crippen LogP contribution in [-0.2, 0) is 23.1 Å². The van der Waals surface area contributed by atoms with Gasteiger partial charge in [-0.25, -0.2) is 13.1 Å². The maximum atomic E-state index is 12.7. The summed E-state index contributed by atoms with van der Waals surface area (Å²) in [4.78, 5) is 16.2. The topological polar surface area (TPSA) is 116 Å². The van der Waals surface area contributed by atoms with Crippen LogP contribution >= 0.6 is 11.3 Å². The van der Waals surface area contributed by atoms with E-state index in [2.05, 4.69) is 14.9 Å². The first-order valence-electron chi connectivity index (χ1n) is 9.60. The Bertz CT molecular complexity index is 1370. The Balaban J connectivity index is 1.48. The summed E-state index contributed by atoms with van der Waals surface area (Å²) in [5.74, 6) is 1.22. The first-order valence-corrected chi connectivity index (χ1v) is 11.9. The van der Waals surface area contributed by atoms with Crippen LogP contribution in [0.4, 0.5) is 0 Å². The average molecular weight is 461 g/mol. The van der Waals surface area contributed by atoms with Gasteiger partial charge in [0.25, 0.3) is 0 Å². The third-order valence-electron chi connectivity index (χ3n) is 4.57. The molecule has 0 aliphatic heterocycles. The van der Waals surface area contributed by atoms with E-state index in [0.717, 1.165) is 22.6 Å². The Morgan fingerprint density at radius 1 is 1.16 bits per heavy atom. The Morgan fingerprint density at radius 3 is 2.65 bits per heavy atom. The van der Waals surface area contributed by atoms with Gasteiger partial charge in [0.2, 0.25) is 21.7 Å². The fourth-order valence-corrected chi connectivity index (χ4v) is 5.13. The molecule has 4 rings (SSSR count). The summed E-state index contributed by atoms with van der Waals surface area (Å²) in [5, 5.41) is 3.90. The van der Waals surface area contributed by atoms with Crippen molar-refractivity contribution in [2.24, 2.45) is 0 Å². The largest absolute Gasteiger partial charge is 0.494 e. The number of nitrogens with one attached hydrogen (secondary N) is 1. The maximum Gasteiger partial charge on any atom is 0.308 e. The lowest BCUT2D eigenvalue weighted by atomic mass is 10.2. The number of aromatic nitrogens is 3. The minimum atomic E-state index is -3.83. The number of hydrogen-bond acceptors (Lipinski definition) is 8. The smallest absolute Gasteiger partial charge is 0.308 e. The fourth-order valence-electron chi connectivity index (χ4n) is 3.06. The summed E-state index contributed by atoms with van der Waals surface area (Å²) in [6.07, 6.45) is 0. The first kappa shape index (κ1) is 21.2. The minimum absolute atomic E-state index is 0.0655. The molecule has 4 aromatic rings. The molecule has 11 heteroatoms. The molecule has 2 aromatic heterocycles. The molecule has 1 N–H and O–H groups in total. The molecule has 162 valence electrons. The van der Waals surface area contributed by atoms with Crippen LogP contribution in [0, 0.1) is 0 Å². The molecule has 0 spiro atoms. The molecule has 0 saturated heterocycles. The fraction of sp³-hybridized carbons (Fsp3) is 0.250. The zero-order valence-corrected chi connectivity index (χ0v) is 18.5. The summed E-state index contributed by atoms with van der Waals surface area (Å²) in [6.45, 7) is 4.71. The number of nitrogens with zero attached hydrogens (tertiary/aromatic N) is 3. The van der Waals surface area contributed by atoms with Crippen molar-refractivity contribution in [2.45, 2.75) is 31.8 Å². The first-order chi connectivity index (χ1) is 14.9. The van der Waals surface area contributed by atoms with Crippen molar-refractivity contribution in [3.05, 3.63) is 58.0 Å². The van der Waals surface area contributed by atoms with Crippen LogP contribution in [0.3, 0.4) is 0 Å². The van der Waals surface area contributed by atoms with Gasteiger partial charge in [0.15, 0.2) is 0 Å². The van der Waals surface area contributed by atoms with Crippen LogP contribution in [0.1, 0.15) is 19.7 Å². The van der Waals surface area contributed by atoms with E-state index < -0.39 is 10.0 Å². The second-order valence-electron chi connectivity index (χ2n) is 6.54. The van der Waals surface area contributed by atoms with Crippen molar-refractivity contribution in [3.8, 4) is 17.1 Å². The van der Waals surface area contributed by atoms with E-state index in [1.54, 1.807) is 34.9 Å². The molecule has 0 aliphatic rings. The van der Waals surface area contributed by atoms with Crippen LogP contribution in [0.15, 0.2) is 56.7 Å². The maximum absolute atomic E-state index is 12.7. The standard InChI is InChI=1S/C20H20N4O5S2/c1-3-24-16-10-9-15(11-17(16)30-20(24)25)31(26,27)21-12-18-22-19(23-29-18)13-5-7-14(8-6-13)28-4-2/h5-11,21H,3-4,12H2,1-2H3. The van der Waals surface area contributed by atoms with Crippen LogP contribution < -0.4 is 14.3 Å². The predicted octanol–water partition coefficient (Wildman–Crippen LogP) is 3.01. The summed E-state index contributed by atoms with van der Waals surface area (Å²) in [5.41, 5.74) is 1.44. The van der Waals surface area contributed by atoms with E-state index in [0.29, 0.717) is 29.2 Å². The van der Waals surface area contributed by atoms with Crippen LogP contribution in [-0.4, -0.2) is 29.7 Å². The van der Waals surface area contributed by atoms with Crippen molar-refractivity contribution >= 4 is 31.6 Å². The van der Waals surface area contributed by atoms with Crippen LogP contribution in [0.2, 0.25) is 0 Å². The summed E-state index contributed by atoms with van der Waals surface area (Å²) >= 11 is 1.02. The van der Waals surface area contributed by atoms with E-state index in [1.807, 2.05) is 13.8 Å². The molecule has 0 radical (unpaired) electrons. The number of benzene rings is 2. The SMILES string of the molecule is CCOc1ccc(-c2noc(CNS(=O)(=O)c3ccc4c(c3)sc(=O)n4CC)n2)cc1. The van der Waals surface area contributed by atoms with Gasteiger partial charge in [-0.2, -0.15) is 4.98 Å². The number of fused-ring (bicyclic) bond motifs is 1. The number of thiazole rings is 1. The van der Waals surface area contributed by atoms with Crippen LogP contribution in [0.5, 0.6) is 5.75 Å². The van der Waals surface area contributed by atoms with Gasteiger partial charge in [0, 0.05) is 12.1 Å². The van der Waals surface area contributed by atoms with Gasteiger partial charge in [-0.3, -0.25) is 9.36 Å². The van der Waals surface area contributed by atoms with Crippen molar-refractivity contribution < 1.29 is 17.7 Å². The Hall–Kier alpha value is -3.02. The van der Waals surface area contributed by atoms with Gasteiger partial charge in [-0.05, 0) is 56.3 Å². The van der Waals surface area contributed by atoms with Gasteiger partial charge >= 0.3 is 4.87 Å². The van der Waals surface area contributed by atoms with E-state index in [9.17, 15) is 13.2 Å². The van der Waals surface area contributed by atoms with E-state index in [4.69, 9.17) is 9.26 Å². The minimum Gasteiger partial charge on any atom is -0.494 e. The normalized spacial score (nSPS) is 11.8. The van der Waals surface area contributed by atoms with Gasteiger partial charge in [0.05, 0.1) is 28.3 Å².